The van der Waals surface area contributed by atoms with Crippen molar-refractivity contribution in [3.05, 3.63) is 66.0 Å². The van der Waals surface area contributed by atoms with Crippen molar-refractivity contribution >= 4 is 11.7 Å². The van der Waals surface area contributed by atoms with E-state index in [4.69, 9.17) is 4.84 Å². The number of oxime groups is 1. The van der Waals surface area contributed by atoms with Gasteiger partial charge in [0.15, 0.2) is 0 Å². The fourth-order valence-corrected chi connectivity index (χ4v) is 1.85. The molecule has 0 atom stereocenters. The Morgan fingerprint density at radius 2 is 1.86 bits per heavy atom. The normalized spacial score (nSPS) is 12.0. The summed E-state index contributed by atoms with van der Waals surface area (Å²) in [5.74, 6) is -0.450. The van der Waals surface area contributed by atoms with E-state index < -0.39 is 5.97 Å². The third-order valence-corrected chi connectivity index (χ3v) is 3.21. The molecule has 0 aliphatic rings. The molecule has 0 aliphatic carbocycles. The minimum absolute atomic E-state index is 0.202. The van der Waals surface area contributed by atoms with Crippen LogP contribution in [0.25, 0.3) is 0 Å². The van der Waals surface area contributed by atoms with Crippen molar-refractivity contribution in [1.82, 2.24) is 4.98 Å². The maximum atomic E-state index is 12.0. The lowest BCUT2D eigenvalue weighted by Gasteiger charge is -2.20. The average molecular weight is 296 g/mol. The molecule has 1 heterocycles. The summed E-state index contributed by atoms with van der Waals surface area (Å²) < 4.78 is 0. The molecule has 0 radical (unpaired) electrons. The van der Waals surface area contributed by atoms with Gasteiger partial charge in [0.25, 0.3) is 0 Å². The van der Waals surface area contributed by atoms with Crippen molar-refractivity contribution in [2.75, 3.05) is 0 Å². The molecule has 114 valence electrons. The van der Waals surface area contributed by atoms with E-state index in [1.54, 1.807) is 36.7 Å². The molecule has 0 saturated heterocycles. The molecule has 2 aromatic rings. The van der Waals surface area contributed by atoms with Gasteiger partial charge >= 0.3 is 5.97 Å². The van der Waals surface area contributed by atoms with Crippen LogP contribution >= 0.6 is 0 Å². The van der Waals surface area contributed by atoms with Gasteiger partial charge in [-0.1, -0.05) is 50.2 Å². The van der Waals surface area contributed by atoms with E-state index in [1.807, 2.05) is 39.0 Å². The Morgan fingerprint density at radius 1 is 1.14 bits per heavy atom. The van der Waals surface area contributed by atoms with E-state index in [2.05, 4.69) is 10.1 Å². The second-order valence-corrected chi connectivity index (χ2v) is 6.07. The first kappa shape index (κ1) is 15.9. The van der Waals surface area contributed by atoms with Gasteiger partial charge in [0, 0.05) is 24.2 Å². The number of hydrogen-bond donors (Lipinski definition) is 0. The van der Waals surface area contributed by atoms with Crippen LogP contribution in [-0.4, -0.2) is 16.7 Å². The Bertz CT molecular complexity index is 644. The quantitative estimate of drug-likeness (QED) is 0.488. The molecule has 0 spiro atoms. The van der Waals surface area contributed by atoms with E-state index in [-0.39, 0.29) is 5.41 Å². The van der Waals surface area contributed by atoms with Crippen molar-refractivity contribution in [3.8, 4) is 0 Å². The molecule has 0 fully saturated rings. The zero-order chi connectivity index (χ0) is 16.0. The third-order valence-electron chi connectivity index (χ3n) is 3.21. The van der Waals surface area contributed by atoms with Gasteiger partial charge in [-0.3, -0.25) is 4.98 Å². The SMILES string of the molecule is CC(C)(C)C(Cc1cccnc1)=NOC(=O)c1ccccc1. The largest absolute Gasteiger partial charge is 0.365 e. The number of carbonyl (C=O) groups excluding carboxylic acids is 1. The summed E-state index contributed by atoms with van der Waals surface area (Å²) in [6.07, 6.45) is 4.12. The van der Waals surface area contributed by atoms with Crippen molar-refractivity contribution < 1.29 is 9.63 Å². The molecule has 0 unspecified atom stereocenters. The minimum Gasteiger partial charge on any atom is -0.313 e. The standard InChI is InChI=1S/C18H20N2O2/c1-18(2,3)16(12-14-8-7-11-19-13-14)20-22-17(21)15-9-5-4-6-10-15/h4-11,13H,12H2,1-3H3. The van der Waals surface area contributed by atoms with Gasteiger partial charge in [-0.15, -0.1) is 0 Å². The van der Waals surface area contributed by atoms with Gasteiger partial charge in [0.1, 0.15) is 0 Å². The van der Waals surface area contributed by atoms with Crippen LogP contribution in [0.15, 0.2) is 60.0 Å². The Hall–Kier alpha value is -2.49. The van der Waals surface area contributed by atoms with E-state index in [0.29, 0.717) is 12.0 Å². The predicted molar refractivity (Wildman–Crippen MR) is 86.7 cm³/mol. The molecular formula is C18H20N2O2. The highest BCUT2D eigenvalue weighted by atomic mass is 16.7. The molecular weight excluding hydrogens is 276 g/mol. The molecule has 1 aromatic carbocycles. The van der Waals surface area contributed by atoms with Crippen molar-refractivity contribution in [1.29, 1.82) is 0 Å². The van der Waals surface area contributed by atoms with Crippen LogP contribution in [0.1, 0.15) is 36.7 Å². The predicted octanol–water partition coefficient (Wildman–Crippen LogP) is 3.88. The Morgan fingerprint density at radius 3 is 2.45 bits per heavy atom. The molecule has 0 N–H and O–H groups in total. The molecule has 1 aromatic heterocycles. The highest BCUT2D eigenvalue weighted by Gasteiger charge is 2.21. The summed E-state index contributed by atoms with van der Waals surface area (Å²) >= 11 is 0. The number of hydrogen-bond acceptors (Lipinski definition) is 4. The lowest BCUT2D eigenvalue weighted by molar-refractivity contribution is 0.0511. The van der Waals surface area contributed by atoms with Crippen LogP contribution in [0.4, 0.5) is 0 Å². The minimum atomic E-state index is -0.450. The smallest absolute Gasteiger partial charge is 0.313 e. The number of pyridine rings is 1. The zero-order valence-electron chi connectivity index (χ0n) is 13.1. The molecule has 2 rings (SSSR count). The van der Waals surface area contributed by atoms with Gasteiger partial charge < -0.3 is 4.84 Å². The maximum Gasteiger partial charge on any atom is 0.365 e. The van der Waals surface area contributed by atoms with Gasteiger partial charge in [-0.2, -0.15) is 0 Å². The summed E-state index contributed by atoms with van der Waals surface area (Å²) in [6.45, 7) is 6.12. The maximum absolute atomic E-state index is 12.0. The fraction of sp³-hybridized carbons (Fsp3) is 0.278. The lowest BCUT2D eigenvalue weighted by Crippen LogP contribution is -2.23. The molecule has 0 saturated carbocycles. The number of aromatic nitrogens is 1. The first-order valence-electron chi connectivity index (χ1n) is 7.19. The van der Waals surface area contributed by atoms with Crippen LogP contribution in [0.5, 0.6) is 0 Å². The third kappa shape index (κ3) is 4.52. The summed E-state index contributed by atoms with van der Waals surface area (Å²) in [5.41, 5.74) is 2.12. The number of nitrogens with zero attached hydrogens (tertiary/aromatic N) is 2. The Kier molecular flexibility index (Phi) is 5.04. The van der Waals surface area contributed by atoms with E-state index in [0.717, 1.165) is 11.3 Å². The molecule has 0 aliphatic heterocycles. The highest BCUT2D eigenvalue weighted by Crippen LogP contribution is 2.20. The number of carbonyl (C=O) groups is 1. The van der Waals surface area contributed by atoms with Gasteiger partial charge in [0.05, 0.1) is 11.3 Å². The first-order valence-corrected chi connectivity index (χ1v) is 7.19. The monoisotopic (exact) mass is 296 g/mol. The van der Waals surface area contributed by atoms with Crippen LogP contribution in [-0.2, 0) is 11.3 Å². The Labute approximate surface area is 130 Å². The van der Waals surface area contributed by atoms with Gasteiger partial charge in [-0.25, -0.2) is 4.79 Å². The van der Waals surface area contributed by atoms with Crippen molar-refractivity contribution in [2.45, 2.75) is 27.2 Å². The van der Waals surface area contributed by atoms with Crippen LogP contribution in [0, 0.1) is 5.41 Å². The van der Waals surface area contributed by atoms with E-state index in [9.17, 15) is 4.79 Å². The average Bonchev–Trinajstić information content (AvgIpc) is 2.52. The van der Waals surface area contributed by atoms with Crippen molar-refractivity contribution in [2.24, 2.45) is 10.6 Å². The second kappa shape index (κ2) is 6.98. The first-order chi connectivity index (χ1) is 10.5. The summed E-state index contributed by atoms with van der Waals surface area (Å²) in [5, 5.41) is 4.11. The molecule has 22 heavy (non-hydrogen) atoms. The highest BCUT2D eigenvalue weighted by molar-refractivity contribution is 5.93. The molecule has 0 amide bonds. The second-order valence-electron chi connectivity index (χ2n) is 6.07. The summed E-state index contributed by atoms with van der Waals surface area (Å²) in [7, 11) is 0. The van der Waals surface area contributed by atoms with E-state index in [1.165, 1.54) is 0 Å². The van der Waals surface area contributed by atoms with E-state index >= 15 is 0 Å². The van der Waals surface area contributed by atoms with Crippen LogP contribution in [0.3, 0.4) is 0 Å². The zero-order valence-corrected chi connectivity index (χ0v) is 13.1. The number of benzene rings is 1. The Balaban J connectivity index is 2.14. The summed E-state index contributed by atoms with van der Waals surface area (Å²) in [4.78, 5) is 21.2. The van der Waals surface area contributed by atoms with Crippen LogP contribution < -0.4 is 0 Å². The van der Waals surface area contributed by atoms with Crippen LogP contribution in [0.2, 0.25) is 0 Å². The number of rotatable bonds is 4. The topological polar surface area (TPSA) is 51.6 Å². The van der Waals surface area contributed by atoms with Gasteiger partial charge in [0.2, 0.25) is 0 Å². The molecule has 0 bridgehead atoms. The van der Waals surface area contributed by atoms with Gasteiger partial charge in [-0.05, 0) is 23.8 Å². The molecule has 4 heteroatoms. The molecule has 4 nitrogen and oxygen atoms in total. The van der Waals surface area contributed by atoms with Crippen molar-refractivity contribution in [3.63, 3.8) is 0 Å². The lowest BCUT2D eigenvalue weighted by atomic mass is 9.86. The summed E-state index contributed by atoms with van der Waals surface area (Å²) in [6, 6.07) is 12.7. The fourth-order valence-electron chi connectivity index (χ4n) is 1.85.